The molecule has 16 heavy (non-hydrogen) atoms. The molecule has 1 heterocycles. The van der Waals surface area contributed by atoms with Gasteiger partial charge in [-0.2, -0.15) is 0 Å². The highest BCUT2D eigenvalue weighted by molar-refractivity contribution is 7.16. The Kier molecular flexibility index (Phi) is 4.28. The molecule has 0 bridgehead atoms. The van der Waals surface area contributed by atoms with Gasteiger partial charge >= 0.3 is 0 Å². The zero-order valence-corrected chi connectivity index (χ0v) is 11.6. The fourth-order valence-electron chi connectivity index (χ4n) is 2.59. The van der Waals surface area contributed by atoms with Gasteiger partial charge in [0.05, 0.1) is 4.34 Å². The number of nitrogens with one attached hydrogen (secondary N) is 1. The minimum Gasteiger partial charge on any atom is -0.307 e. The predicted octanol–water partition coefficient (Wildman–Crippen LogP) is 4.63. The highest BCUT2D eigenvalue weighted by Gasteiger charge is 2.24. The van der Waals surface area contributed by atoms with Gasteiger partial charge < -0.3 is 5.32 Å². The van der Waals surface area contributed by atoms with Crippen LogP contribution >= 0.6 is 22.9 Å². The van der Waals surface area contributed by atoms with Gasteiger partial charge in [-0.15, -0.1) is 11.3 Å². The van der Waals surface area contributed by atoms with Crippen LogP contribution in [0.15, 0.2) is 12.1 Å². The van der Waals surface area contributed by atoms with E-state index in [2.05, 4.69) is 25.2 Å². The second-order valence-electron chi connectivity index (χ2n) is 4.81. The van der Waals surface area contributed by atoms with Gasteiger partial charge in [0.25, 0.3) is 0 Å². The summed E-state index contributed by atoms with van der Waals surface area (Å²) in [5, 5.41) is 3.72. The zero-order chi connectivity index (χ0) is 11.5. The largest absolute Gasteiger partial charge is 0.307 e. The molecule has 0 radical (unpaired) electrons. The molecule has 3 atom stereocenters. The Morgan fingerprint density at radius 1 is 1.50 bits per heavy atom. The Morgan fingerprint density at radius 3 is 2.88 bits per heavy atom. The number of halogens is 1. The molecule has 1 nitrogen and oxygen atoms in total. The Hall–Kier alpha value is -0.0500. The van der Waals surface area contributed by atoms with Crippen LogP contribution in [0.4, 0.5) is 0 Å². The first-order chi connectivity index (χ1) is 7.69. The molecule has 1 aromatic rings. The summed E-state index contributed by atoms with van der Waals surface area (Å²) in [6, 6.07) is 5.28. The van der Waals surface area contributed by atoms with E-state index in [1.165, 1.54) is 30.6 Å². The fraction of sp³-hybridized carbons (Fsp3) is 0.692. The second kappa shape index (κ2) is 5.52. The zero-order valence-electron chi connectivity index (χ0n) is 10.0. The maximum absolute atomic E-state index is 5.96. The SMILES string of the molecule is CCC1CCC(NC(C)c2ccc(Cl)s2)C1. The van der Waals surface area contributed by atoms with E-state index in [-0.39, 0.29) is 0 Å². The molecule has 1 aliphatic rings. The molecule has 1 saturated carbocycles. The van der Waals surface area contributed by atoms with Crippen LogP contribution in [0.2, 0.25) is 4.34 Å². The second-order valence-corrected chi connectivity index (χ2v) is 6.56. The summed E-state index contributed by atoms with van der Waals surface area (Å²) in [7, 11) is 0. The van der Waals surface area contributed by atoms with E-state index in [9.17, 15) is 0 Å². The van der Waals surface area contributed by atoms with E-state index in [1.807, 2.05) is 6.07 Å². The minimum atomic E-state index is 0.443. The van der Waals surface area contributed by atoms with Gasteiger partial charge in [0.2, 0.25) is 0 Å². The lowest BCUT2D eigenvalue weighted by molar-refractivity contribution is 0.441. The third kappa shape index (κ3) is 2.99. The fourth-order valence-corrected chi connectivity index (χ4v) is 3.67. The average Bonchev–Trinajstić information content (AvgIpc) is 2.87. The van der Waals surface area contributed by atoms with Crippen molar-refractivity contribution < 1.29 is 0 Å². The summed E-state index contributed by atoms with van der Waals surface area (Å²) in [6.45, 7) is 4.54. The third-order valence-corrected chi connectivity index (χ3v) is 5.04. The van der Waals surface area contributed by atoms with Gasteiger partial charge in [-0.3, -0.25) is 0 Å². The molecule has 0 aliphatic heterocycles. The lowest BCUT2D eigenvalue weighted by atomic mass is 10.1. The molecule has 0 aromatic carbocycles. The summed E-state index contributed by atoms with van der Waals surface area (Å²) >= 11 is 7.65. The smallest absolute Gasteiger partial charge is 0.0931 e. The number of hydrogen-bond acceptors (Lipinski definition) is 2. The van der Waals surface area contributed by atoms with Crippen LogP contribution in [0.1, 0.15) is 50.4 Å². The summed E-state index contributed by atoms with van der Waals surface area (Å²) in [4.78, 5) is 1.35. The molecule has 1 aromatic heterocycles. The van der Waals surface area contributed by atoms with E-state index in [0.717, 1.165) is 10.3 Å². The van der Waals surface area contributed by atoms with Crippen LogP contribution in [0.25, 0.3) is 0 Å². The maximum Gasteiger partial charge on any atom is 0.0931 e. The molecule has 0 saturated heterocycles. The van der Waals surface area contributed by atoms with E-state index in [4.69, 9.17) is 11.6 Å². The molecule has 1 aliphatic carbocycles. The molecular weight excluding hydrogens is 238 g/mol. The van der Waals surface area contributed by atoms with E-state index >= 15 is 0 Å². The predicted molar refractivity (Wildman–Crippen MR) is 72.3 cm³/mol. The quantitative estimate of drug-likeness (QED) is 0.829. The van der Waals surface area contributed by atoms with Gasteiger partial charge in [0, 0.05) is 17.0 Å². The first-order valence-corrected chi connectivity index (χ1v) is 7.39. The summed E-state index contributed by atoms with van der Waals surface area (Å²) in [6.07, 6.45) is 5.41. The van der Waals surface area contributed by atoms with Crippen molar-refractivity contribution in [3.05, 3.63) is 21.3 Å². The molecule has 90 valence electrons. The van der Waals surface area contributed by atoms with Crippen molar-refractivity contribution in [2.75, 3.05) is 0 Å². The molecule has 0 spiro atoms. The molecule has 1 fully saturated rings. The van der Waals surface area contributed by atoms with Crippen molar-refractivity contribution in [2.24, 2.45) is 5.92 Å². The standard InChI is InChI=1S/C13H20ClNS/c1-3-10-4-5-11(8-10)15-9(2)12-6-7-13(14)16-12/h6-7,9-11,15H,3-5,8H2,1-2H3. The molecular formula is C13H20ClNS. The lowest BCUT2D eigenvalue weighted by Crippen LogP contribution is -2.28. The van der Waals surface area contributed by atoms with Gasteiger partial charge in [-0.25, -0.2) is 0 Å². The summed E-state index contributed by atoms with van der Waals surface area (Å²) < 4.78 is 0.890. The molecule has 3 unspecified atom stereocenters. The molecule has 2 rings (SSSR count). The van der Waals surface area contributed by atoms with Crippen molar-refractivity contribution in [1.82, 2.24) is 5.32 Å². The van der Waals surface area contributed by atoms with Crippen LogP contribution in [0, 0.1) is 5.92 Å². The van der Waals surface area contributed by atoms with Gasteiger partial charge in [0.15, 0.2) is 0 Å². The van der Waals surface area contributed by atoms with E-state index in [1.54, 1.807) is 11.3 Å². The number of thiophene rings is 1. The third-order valence-electron chi connectivity index (χ3n) is 3.63. The van der Waals surface area contributed by atoms with Crippen molar-refractivity contribution in [2.45, 2.75) is 51.6 Å². The van der Waals surface area contributed by atoms with Crippen LogP contribution in [-0.4, -0.2) is 6.04 Å². The summed E-state index contributed by atoms with van der Waals surface area (Å²) in [5.41, 5.74) is 0. The van der Waals surface area contributed by atoms with Crippen LogP contribution in [-0.2, 0) is 0 Å². The van der Waals surface area contributed by atoms with Crippen LogP contribution in [0.3, 0.4) is 0 Å². The van der Waals surface area contributed by atoms with Crippen LogP contribution in [0.5, 0.6) is 0 Å². The Labute approximate surface area is 107 Å². The number of rotatable bonds is 4. The number of hydrogen-bond donors (Lipinski definition) is 1. The van der Waals surface area contributed by atoms with Crippen molar-refractivity contribution in [1.29, 1.82) is 0 Å². The minimum absolute atomic E-state index is 0.443. The van der Waals surface area contributed by atoms with Gasteiger partial charge in [0.1, 0.15) is 0 Å². The molecule has 1 N–H and O–H groups in total. The van der Waals surface area contributed by atoms with E-state index < -0.39 is 0 Å². The van der Waals surface area contributed by atoms with Crippen molar-refractivity contribution in [3.8, 4) is 0 Å². The molecule has 3 heteroatoms. The van der Waals surface area contributed by atoms with Crippen LogP contribution < -0.4 is 5.32 Å². The highest BCUT2D eigenvalue weighted by Crippen LogP contribution is 2.31. The van der Waals surface area contributed by atoms with Crippen molar-refractivity contribution in [3.63, 3.8) is 0 Å². The Morgan fingerprint density at radius 2 is 2.31 bits per heavy atom. The monoisotopic (exact) mass is 257 g/mol. The van der Waals surface area contributed by atoms with Crippen molar-refractivity contribution >= 4 is 22.9 Å². The lowest BCUT2D eigenvalue weighted by Gasteiger charge is -2.18. The average molecular weight is 258 g/mol. The highest BCUT2D eigenvalue weighted by atomic mass is 35.5. The molecule has 0 amide bonds. The first kappa shape index (κ1) is 12.4. The summed E-state index contributed by atoms with van der Waals surface area (Å²) in [5.74, 6) is 0.941. The normalized spacial score (nSPS) is 27.2. The van der Waals surface area contributed by atoms with Gasteiger partial charge in [-0.1, -0.05) is 24.9 Å². The van der Waals surface area contributed by atoms with Gasteiger partial charge in [-0.05, 0) is 44.2 Å². The Balaban J connectivity index is 1.86. The van der Waals surface area contributed by atoms with E-state index in [0.29, 0.717) is 12.1 Å². The first-order valence-electron chi connectivity index (χ1n) is 6.20. The maximum atomic E-state index is 5.96. The Bertz CT molecular complexity index is 336. The topological polar surface area (TPSA) is 12.0 Å².